The van der Waals surface area contributed by atoms with E-state index in [2.05, 4.69) is 38.8 Å². The number of benzene rings is 1. The first-order valence-electron chi connectivity index (χ1n) is 9.89. The molecule has 3 aromatic heterocycles. The third kappa shape index (κ3) is 3.09. The van der Waals surface area contributed by atoms with Crippen molar-refractivity contribution < 1.29 is 4.42 Å². The molecule has 1 aliphatic heterocycles. The number of amidine groups is 1. The van der Waals surface area contributed by atoms with E-state index in [1.54, 1.807) is 11.3 Å². The molecule has 0 radical (unpaired) electrons. The van der Waals surface area contributed by atoms with Crippen molar-refractivity contribution in [3.05, 3.63) is 70.3 Å². The number of aromatic nitrogens is 4. The summed E-state index contributed by atoms with van der Waals surface area (Å²) in [6, 6.07) is 10.3. The summed E-state index contributed by atoms with van der Waals surface area (Å²) in [6.07, 6.45) is 6.30. The van der Waals surface area contributed by atoms with Crippen LogP contribution in [0.15, 0.2) is 57.7 Å². The van der Waals surface area contributed by atoms with Crippen molar-refractivity contribution in [3.63, 3.8) is 0 Å². The summed E-state index contributed by atoms with van der Waals surface area (Å²) in [7, 11) is 0. The van der Waals surface area contributed by atoms with Crippen LogP contribution in [0.1, 0.15) is 46.8 Å². The van der Waals surface area contributed by atoms with E-state index in [0.717, 1.165) is 40.2 Å². The molecule has 2 aliphatic rings. The Hall–Kier alpha value is -3.39. The van der Waals surface area contributed by atoms with E-state index in [-0.39, 0.29) is 6.04 Å². The third-order valence-electron chi connectivity index (χ3n) is 5.54. The van der Waals surface area contributed by atoms with Crippen LogP contribution < -0.4 is 5.73 Å². The minimum Gasteiger partial charge on any atom is -0.423 e. The van der Waals surface area contributed by atoms with E-state index < -0.39 is 0 Å². The summed E-state index contributed by atoms with van der Waals surface area (Å²) in [6.45, 7) is 0. The van der Waals surface area contributed by atoms with E-state index in [1.165, 1.54) is 24.1 Å². The van der Waals surface area contributed by atoms with E-state index in [9.17, 15) is 0 Å². The Labute approximate surface area is 176 Å². The van der Waals surface area contributed by atoms with Gasteiger partial charge in [0.2, 0.25) is 12.3 Å². The number of fused-ring (bicyclic) bond motifs is 1. The Morgan fingerprint density at radius 3 is 2.83 bits per heavy atom. The summed E-state index contributed by atoms with van der Waals surface area (Å²) in [5.74, 6) is 2.51. The van der Waals surface area contributed by atoms with Gasteiger partial charge in [-0.15, -0.1) is 21.5 Å². The SMILES string of the molecule is NC1=NC(c2cc(-c3cccc(-c4nnco4)c3)cs2)Cc2nc(C3CC3)ncc21. The van der Waals surface area contributed by atoms with Crippen molar-refractivity contribution >= 4 is 17.2 Å². The molecule has 1 atom stereocenters. The smallest absolute Gasteiger partial charge is 0.247 e. The Kier molecular flexibility index (Phi) is 3.98. The molecule has 7 nitrogen and oxygen atoms in total. The van der Waals surface area contributed by atoms with Crippen molar-refractivity contribution in [2.45, 2.75) is 31.2 Å². The van der Waals surface area contributed by atoms with Gasteiger partial charge in [-0.05, 0) is 47.5 Å². The van der Waals surface area contributed by atoms with Crippen LogP contribution in [0.4, 0.5) is 0 Å². The molecular weight excluding hydrogens is 396 g/mol. The molecular formula is C22H18N6OS. The number of aliphatic imine (C=N–C) groups is 1. The second kappa shape index (κ2) is 6.84. The van der Waals surface area contributed by atoms with Gasteiger partial charge in [-0.25, -0.2) is 9.97 Å². The van der Waals surface area contributed by atoms with Crippen molar-refractivity contribution in [1.29, 1.82) is 0 Å². The predicted octanol–water partition coefficient (Wildman–Crippen LogP) is 4.14. The van der Waals surface area contributed by atoms with Gasteiger partial charge >= 0.3 is 0 Å². The van der Waals surface area contributed by atoms with E-state index in [1.807, 2.05) is 18.3 Å². The lowest BCUT2D eigenvalue weighted by Crippen LogP contribution is -2.24. The minimum atomic E-state index is -0.0164. The predicted molar refractivity (Wildman–Crippen MR) is 114 cm³/mol. The maximum absolute atomic E-state index is 6.26. The van der Waals surface area contributed by atoms with Gasteiger partial charge in [-0.2, -0.15) is 0 Å². The zero-order valence-electron chi connectivity index (χ0n) is 16.0. The molecule has 6 rings (SSSR count). The number of nitrogens with zero attached hydrogens (tertiary/aromatic N) is 5. The van der Waals surface area contributed by atoms with Gasteiger partial charge in [-0.1, -0.05) is 12.1 Å². The first-order valence-corrected chi connectivity index (χ1v) is 10.8. The Bertz CT molecular complexity index is 1260. The highest BCUT2D eigenvalue weighted by Crippen LogP contribution is 2.40. The van der Waals surface area contributed by atoms with E-state index in [4.69, 9.17) is 20.1 Å². The highest BCUT2D eigenvalue weighted by molar-refractivity contribution is 7.10. The van der Waals surface area contributed by atoms with Crippen LogP contribution in [0.5, 0.6) is 0 Å². The number of nitrogens with two attached hydrogens (primary N) is 1. The molecule has 1 saturated carbocycles. The molecule has 1 fully saturated rings. The van der Waals surface area contributed by atoms with Gasteiger partial charge in [0.15, 0.2) is 0 Å². The molecule has 30 heavy (non-hydrogen) atoms. The van der Waals surface area contributed by atoms with E-state index >= 15 is 0 Å². The van der Waals surface area contributed by atoms with E-state index in [0.29, 0.717) is 17.6 Å². The van der Waals surface area contributed by atoms with Crippen LogP contribution in [0.3, 0.4) is 0 Å². The van der Waals surface area contributed by atoms with Gasteiger partial charge in [0.25, 0.3) is 0 Å². The molecule has 0 saturated heterocycles. The molecule has 1 unspecified atom stereocenters. The quantitative estimate of drug-likeness (QED) is 0.538. The highest BCUT2D eigenvalue weighted by Gasteiger charge is 2.30. The maximum atomic E-state index is 6.26. The first-order chi connectivity index (χ1) is 14.7. The molecule has 2 N–H and O–H groups in total. The van der Waals surface area contributed by atoms with Crippen molar-refractivity contribution in [1.82, 2.24) is 20.2 Å². The zero-order chi connectivity index (χ0) is 20.1. The van der Waals surface area contributed by atoms with Gasteiger partial charge in [0, 0.05) is 29.0 Å². The largest absolute Gasteiger partial charge is 0.423 e. The minimum absolute atomic E-state index is 0.0164. The fourth-order valence-corrected chi connectivity index (χ4v) is 4.74. The molecule has 8 heteroatoms. The molecule has 0 spiro atoms. The zero-order valence-corrected chi connectivity index (χ0v) is 16.8. The Morgan fingerprint density at radius 1 is 1.10 bits per heavy atom. The number of hydrogen-bond donors (Lipinski definition) is 1. The fraction of sp³-hybridized carbons (Fsp3) is 0.227. The topological polar surface area (TPSA) is 103 Å². The van der Waals surface area contributed by atoms with Crippen LogP contribution in [0.2, 0.25) is 0 Å². The second-order valence-corrected chi connectivity index (χ2v) is 8.60. The number of rotatable bonds is 4. The van der Waals surface area contributed by atoms with Gasteiger partial charge in [0.1, 0.15) is 11.7 Å². The monoisotopic (exact) mass is 414 g/mol. The van der Waals surface area contributed by atoms with Gasteiger partial charge in [0.05, 0.1) is 17.3 Å². The van der Waals surface area contributed by atoms with Crippen LogP contribution >= 0.6 is 11.3 Å². The maximum Gasteiger partial charge on any atom is 0.247 e. The normalized spacial score (nSPS) is 18.1. The molecule has 1 aliphatic carbocycles. The van der Waals surface area contributed by atoms with Crippen LogP contribution in [0, 0.1) is 0 Å². The first kappa shape index (κ1) is 17.5. The van der Waals surface area contributed by atoms with Crippen LogP contribution in [-0.2, 0) is 6.42 Å². The summed E-state index contributed by atoms with van der Waals surface area (Å²) >= 11 is 1.70. The highest BCUT2D eigenvalue weighted by atomic mass is 32.1. The fourth-order valence-electron chi connectivity index (χ4n) is 3.78. The van der Waals surface area contributed by atoms with Crippen LogP contribution in [-0.4, -0.2) is 26.0 Å². The standard InChI is InChI=1S/C22H18N6OS/c23-20-16-9-24-21(12-4-5-12)27-17(16)8-18(26-20)19-7-15(10-30-19)13-2-1-3-14(6-13)22-28-25-11-29-22/h1-3,6-7,9-12,18H,4-5,8H2,(H2,23,26). The molecule has 0 bridgehead atoms. The molecule has 1 aromatic carbocycles. The molecule has 0 amide bonds. The molecule has 4 aromatic rings. The van der Waals surface area contributed by atoms with Crippen molar-refractivity contribution in [2.75, 3.05) is 0 Å². The summed E-state index contributed by atoms with van der Waals surface area (Å²) in [4.78, 5) is 15.2. The lowest BCUT2D eigenvalue weighted by atomic mass is 10.00. The summed E-state index contributed by atoms with van der Waals surface area (Å²) in [5.41, 5.74) is 11.3. The van der Waals surface area contributed by atoms with Gasteiger partial charge < -0.3 is 10.2 Å². The lowest BCUT2D eigenvalue weighted by molar-refractivity contribution is 0.568. The van der Waals surface area contributed by atoms with Crippen molar-refractivity contribution in [3.8, 4) is 22.6 Å². The molecule has 148 valence electrons. The average molecular weight is 414 g/mol. The van der Waals surface area contributed by atoms with Crippen LogP contribution in [0.25, 0.3) is 22.6 Å². The molecule has 4 heterocycles. The average Bonchev–Trinajstić information content (AvgIpc) is 3.26. The lowest BCUT2D eigenvalue weighted by Gasteiger charge is -2.20. The number of thiophene rings is 1. The Balaban J connectivity index is 1.30. The second-order valence-electron chi connectivity index (χ2n) is 7.66. The summed E-state index contributed by atoms with van der Waals surface area (Å²) in [5, 5.41) is 9.91. The summed E-state index contributed by atoms with van der Waals surface area (Å²) < 4.78 is 5.32. The Morgan fingerprint density at radius 2 is 2.00 bits per heavy atom. The van der Waals surface area contributed by atoms with Crippen molar-refractivity contribution in [2.24, 2.45) is 10.7 Å². The van der Waals surface area contributed by atoms with Gasteiger partial charge in [-0.3, -0.25) is 4.99 Å². The number of hydrogen-bond acceptors (Lipinski definition) is 8. The third-order valence-corrected chi connectivity index (χ3v) is 6.57.